The Morgan fingerprint density at radius 1 is 0.690 bits per heavy atom. The lowest BCUT2D eigenvalue weighted by atomic mass is 10.1. The number of carbonyl (C=O) groups excluding carboxylic acids is 2. The number of alkyl halides is 3. The predicted octanol–water partition coefficient (Wildman–Crippen LogP) is 5.34. The maximum Gasteiger partial charge on any atom is 0.420 e. The molecule has 222 valence electrons. The van der Waals surface area contributed by atoms with Crippen molar-refractivity contribution >= 4 is 11.9 Å². The molecule has 42 heavy (non-hydrogen) atoms. The maximum absolute atomic E-state index is 13.8. The summed E-state index contributed by atoms with van der Waals surface area (Å²) in [7, 11) is 0. The first-order chi connectivity index (χ1) is 20.2. The van der Waals surface area contributed by atoms with Gasteiger partial charge in [0.1, 0.15) is 54.0 Å². The molecule has 2 aliphatic heterocycles. The molecule has 0 aromatic heterocycles. The Morgan fingerprint density at radius 2 is 1.14 bits per heavy atom. The molecule has 2 saturated heterocycles. The van der Waals surface area contributed by atoms with E-state index in [9.17, 15) is 22.8 Å². The van der Waals surface area contributed by atoms with Crippen molar-refractivity contribution in [3.63, 3.8) is 0 Å². The van der Waals surface area contributed by atoms with Crippen molar-refractivity contribution in [2.24, 2.45) is 0 Å². The minimum absolute atomic E-state index is 0.0454. The molecule has 2 heterocycles. The first-order valence-electron chi connectivity index (χ1n) is 13.5. The monoisotopic (exact) mass is 586 g/mol. The summed E-state index contributed by atoms with van der Waals surface area (Å²) in [4.78, 5) is 24.7. The summed E-state index contributed by atoms with van der Waals surface area (Å²) in [6.07, 6.45) is -4.15. The Balaban J connectivity index is 1.10. The Kier molecular flexibility index (Phi) is 9.28. The summed E-state index contributed by atoms with van der Waals surface area (Å²) < 4.78 is 72.8. The van der Waals surface area contributed by atoms with Crippen molar-refractivity contribution in [1.29, 1.82) is 0 Å². The molecule has 2 fully saturated rings. The highest BCUT2D eigenvalue weighted by atomic mass is 19.4. The van der Waals surface area contributed by atoms with Crippen molar-refractivity contribution in [3.05, 3.63) is 83.4 Å². The van der Waals surface area contributed by atoms with Gasteiger partial charge in [-0.2, -0.15) is 13.2 Å². The molecule has 3 aromatic carbocycles. The molecule has 11 heteroatoms. The number of esters is 2. The second-order valence-electron chi connectivity index (χ2n) is 9.92. The van der Waals surface area contributed by atoms with Crippen molar-refractivity contribution in [1.82, 2.24) is 0 Å². The number of epoxide rings is 2. The average molecular weight is 587 g/mol. The Morgan fingerprint density at radius 3 is 1.60 bits per heavy atom. The molecule has 0 radical (unpaired) electrons. The molecule has 0 saturated carbocycles. The van der Waals surface area contributed by atoms with Gasteiger partial charge < -0.3 is 28.4 Å². The van der Waals surface area contributed by atoms with Gasteiger partial charge in [0, 0.05) is 12.8 Å². The molecule has 3 aromatic rings. The van der Waals surface area contributed by atoms with E-state index in [0.29, 0.717) is 50.4 Å². The summed E-state index contributed by atoms with van der Waals surface area (Å²) >= 11 is 0. The Labute approximate surface area is 240 Å². The number of ether oxygens (including phenoxy) is 6. The van der Waals surface area contributed by atoms with Crippen LogP contribution in [0.4, 0.5) is 13.2 Å². The number of benzene rings is 3. The fourth-order valence-electron chi connectivity index (χ4n) is 3.94. The smallest absolute Gasteiger partial charge is 0.420 e. The van der Waals surface area contributed by atoms with Gasteiger partial charge in [-0.1, -0.05) is 24.3 Å². The lowest BCUT2D eigenvalue weighted by Gasteiger charge is -2.14. The first kappa shape index (κ1) is 29.4. The average Bonchev–Trinajstić information content (AvgIpc) is 3.90. The highest BCUT2D eigenvalue weighted by Crippen LogP contribution is 2.39. The number of carbonyl (C=O) groups is 2. The van der Waals surface area contributed by atoms with Crippen LogP contribution in [0.2, 0.25) is 0 Å². The van der Waals surface area contributed by atoms with Crippen molar-refractivity contribution in [2.75, 3.05) is 26.4 Å². The highest BCUT2D eigenvalue weighted by Gasteiger charge is 2.36. The van der Waals surface area contributed by atoms with E-state index in [-0.39, 0.29) is 37.2 Å². The standard InChI is InChI=1S/C31H29F3O8/c32-31(33,34)27-15-24(41-29(35)13-5-20-1-7-22(8-2-20)37-16-25-18-39-25)11-12-28(27)42-30(36)14-6-21-3-9-23(10-4-21)38-17-26-19-40-26/h1-4,7-12,15,25-26H,5-6,13-14,16-19H2. The van der Waals surface area contributed by atoms with E-state index in [4.69, 9.17) is 28.4 Å². The van der Waals surface area contributed by atoms with Crippen LogP contribution in [0.25, 0.3) is 0 Å². The summed E-state index contributed by atoms with van der Waals surface area (Å²) in [5.74, 6) is -1.14. The van der Waals surface area contributed by atoms with E-state index in [0.717, 1.165) is 23.3 Å². The Hall–Kier alpha value is -4.09. The summed E-state index contributed by atoms with van der Waals surface area (Å²) in [6, 6.07) is 17.0. The van der Waals surface area contributed by atoms with E-state index in [2.05, 4.69) is 0 Å². The molecule has 8 nitrogen and oxygen atoms in total. The van der Waals surface area contributed by atoms with Crippen molar-refractivity contribution < 1.29 is 51.2 Å². The van der Waals surface area contributed by atoms with Gasteiger partial charge >= 0.3 is 18.1 Å². The molecular weight excluding hydrogens is 557 g/mol. The van der Waals surface area contributed by atoms with Crippen LogP contribution in [-0.4, -0.2) is 50.6 Å². The zero-order chi connectivity index (χ0) is 29.5. The van der Waals surface area contributed by atoms with E-state index < -0.39 is 29.4 Å². The second-order valence-corrected chi connectivity index (χ2v) is 9.92. The molecule has 2 unspecified atom stereocenters. The SMILES string of the molecule is O=C(CCc1ccc(OCC2CO2)cc1)Oc1ccc(OC(=O)CCc2ccc(OCC3CO3)cc2)c(C(F)(F)F)c1. The molecule has 0 spiro atoms. The molecule has 0 N–H and O–H groups in total. The zero-order valence-electron chi connectivity index (χ0n) is 22.6. The van der Waals surface area contributed by atoms with Crippen LogP contribution in [0, 0.1) is 0 Å². The summed E-state index contributed by atoms with van der Waals surface area (Å²) in [6.45, 7) is 2.33. The number of halogens is 3. The van der Waals surface area contributed by atoms with Gasteiger partial charge in [0.05, 0.1) is 13.2 Å². The topological polar surface area (TPSA) is 96.1 Å². The highest BCUT2D eigenvalue weighted by molar-refractivity contribution is 5.74. The van der Waals surface area contributed by atoms with Crippen LogP contribution in [0.15, 0.2) is 66.7 Å². The van der Waals surface area contributed by atoms with Gasteiger partial charge in [-0.05, 0) is 66.4 Å². The molecule has 2 aliphatic rings. The summed E-state index contributed by atoms with van der Waals surface area (Å²) in [5, 5.41) is 0. The maximum atomic E-state index is 13.8. The molecule has 0 aliphatic carbocycles. The largest absolute Gasteiger partial charge is 0.491 e. The third-order valence-electron chi connectivity index (χ3n) is 6.47. The van der Waals surface area contributed by atoms with E-state index in [1.165, 1.54) is 0 Å². The first-order valence-corrected chi connectivity index (χ1v) is 13.5. The third-order valence-corrected chi connectivity index (χ3v) is 6.47. The number of hydrogen-bond acceptors (Lipinski definition) is 8. The minimum Gasteiger partial charge on any atom is -0.491 e. The quantitative estimate of drug-likeness (QED) is 0.142. The number of aryl methyl sites for hydroxylation is 2. The summed E-state index contributed by atoms with van der Waals surface area (Å²) in [5.41, 5.74) is 0.427. The van der Waals surface area contributed by atoms with Crippen LogP contribution in [0.3, 0.4) is 0 Å². The predicted molar refractivity (Wildman–Crippen MR) is 143 cm³/mol. The van der Waals surface area contributed by atoms with Crippen LogP contribution in [0.1, 0.15) is 29.5 Å². The Bertz CT molecular complexity index is 1360. The fourth-order valence-corrected chi connectivity index (χ4v) is 3.94. The van der Waals surface area contributed by atoms with Gasteiger partial charge in [-0.3, -0.25) is 9.59 Å². The van der Waals surface area contributed by atoms with Gasteiger partial charge in [0.25, 0.3) is 0 Å². The van der Waals surface area contributed by atoms with E-state index >= 15 is 0 Å². The van der Waals surface area contributed by atoms with Crippen LogP contribution >= 0.6 is 0 Å². The lowest BCUT2D eigenvalue weighted by molar-refractivity contribution is -0.143. The van der Waals surface area contributed by atoms with Crippen LogP contribution < -0.4 is 18.9 Å². The molecule has 5 rings (SSSR count). The molecule has 0 bridgehead atoms. The van der Waals surface area contributed by atoms with Gasteiger partial charge in [-0.25, -0.2) is 0 Å². The van der Waals surface area contributed by atoms with Crippen LogP contribution in [-0.2, 0) is 38.1 Å². The van der Waals surface area contributed by atoms with E-state index in [1.54, 1.807) is 48.5 Å². The molecular formula is C31H29F3O8. The number of rotatable bonds is 14. The number of hydrogen-bond donors (Lipinski definition) is 0. The normalized spacial score (nSPS) is 17.3. The van der Waals surface area contributed by atoms with Crippen molar-refractivity contribution in [3.8, 4) is 23.0 Å². The van der Waals surface area contributed by atoms with Crippen molar-refractivity contribution in [2.45, 2.75) is 44.1 Å². The minimum atomic E-state index is -4.84. The van der Waals surface area contributed by atoms with Crippen LogP contribution in [0.5, 0.6) is 23.0 Å². The molecule has 2 atom stereocenters. The fraction of sp³-hybridized carbons (Fsp3) is 0.355. The van der Waals surface area contributed by atoms with Gasteiger partial charge in [0.15, 0.2) is 0 Å². The van der Waals surface area contributed by atoms with Gasteiger partial charge in [-0.15, -0.1) is 0 Å². The lowest BCUT2D eigenvalue weighted by Crippen LogP contribution is -2.15. The van der Waals surface area contributed by atoms with Gasteiger partial charge in [0.2, 0.25) is 0 Å². The molecule has 0 amide bonds. The third kappa shape index (κ3) is 9.22. The second kappa shape index (κ2) is 13.3. The zero-order valence-corrected chi connectivity index (χ0v) is 22.6. The van der Waals surface area contributed by atoms with E-state index in [1.807, 2.05) is 0 Å².